The third kappa shape index (κ3) is 4.36. The lowest BCUT2D eigenvalue weighted by atomic mass is 9.89. The minimum atomic E-state index is -3.52. The van der Waals surface area contributed by atoms with E-state index in [4.69, 9.17) is 9.97 Å². The molecule has 0 fully saturated rings. The molecule has 1 aromatic carbocycles. The third-order valence-corrected chi connectivity index (χ3v) is 8.18. The normalized spacial score (nSPS) is 16.6. The highest BCUT2D eigenvalue weighted by atomic mass is 32.2. The molecule has 0 bridgehead atoms. The van der Waals surface area contributed by atoms with Crippen molar-refractivity contribution in [3.8, 4) is 0 Å². The van der Waals surface area contributed by atoms with Crippen LogP contribution in [-0.4, -0.2) is 31.5 Å². The minimum absolute atomic E-state index is 0.284. The molecule has 0 amide bonds. The Kier molecular flexibility index (Phi) is 6.09. The van der Waals surface area contributed by atoms with Crippen molar-refractivity contribution < 1.29 is 8.42 Å². The first-order valence-electron chi connectivity index (χ1n) is 10.5. The quantitative estimate of drug-likeness (QED) is 0.537. The second-order valence-electron chi connectivity index (χ2n) is 8.01. The van der Waals surface area contributed by atoms with Gasteiger partial charge in [-0.3, -0.25) is 0 Å². The summed E-state index contributed by atoms with van der Waals surface area (Å²) in [5.74, 6) is 2.35. The van der Waals surface area contributed by atoms with Gasteiger partial charge < -0.3 is 5.32 Å². The number of nitrogens with zero attached hydrogens (tertiary/aromatic N) is 2. The zero-order valence-corrected chi connectivity index (χ0v) is 19.3. The molecule has 4 rings (SSSR count). The van der Waals surface area contributed by atoms with E-state index >= 15 is 0 Å². The summed E-state index contributed by atoms with van der Waals surface area (Å²) in [6.45, 7) is 7.03. The molecule has 0 radical (unpaired) electrons. The molecule has 2 heterocycles. The van der Waals surface area contributed by atoms with Gasteiger partial charge in [0.1, 0.15) is 16.5 Å². The summed E-state index contributed by atoms with van der Waals surface area (Å²) in [5.41, 5.74) is 2.40. The number of nitrogens with one attached hydrogen (secondary N) is 2. The molecule has 1 atom stereocenters. The second kappa shape index (κ2) is 8.61. The molecule has 0 saturated heterocycles. The average molecular weight is 445 g/mol. The molecule has 1 aliphatic carbocycles. The molecule has 0 aliphatic heterocycles. The van der Waals surface area contributed by atoms with E-state index in [-0.39, 0.29) is 11.4 Å². The Morgan fingerprint density at radius 2 is 1.93 bits per heavy atom. The van der Waals surface area contributed by atoms with Gasteiger partial charge in [0.2, 0.25) is 10.0 Å². The van der Waals surface area contributed by atoms with Gasteiger partial charge in [-0.05, 0) is 49.8 Å². The first kappa shape index (κ1) is 21.2. The van der Waals surface area contributed by atoms with E-state index in [1.165, 1.54) is 16.9 Å². The molecule has 2 N–H and O–H groups in total. The molecule has 3 aromatic rings. The predicted molar refractivity (Wildman–Crippen MR) is 123 cm³/mol. The average Bonchev–Trinajstić information content (AvgIpc) is 3.08. The van der Waals surface area contributed by atoms with E-state index in [9.17, 15) is 8.42 Å². The molecule has 0 spiro atoms. The summed E-state index contributed by atoms with van der Waals surface area (Å²) in [7, 11) is -3.52. The predicted octanol–water partition coefficient (Wildman–Crippen LogP) is 4.08. The number of thiophene rings is 1. The van der Waals surface area contributed by atoms with Crippen molar-refractivity contribution in [3.63, 3.8) is 0 Å². The maximum absolute atomic E-state index is 12.5. The smallest absolute Gasteiger partial charge is 0.240 e. The Morgan fingerprint density at radius 3 is 2.67 bits per heavy atom. The molecule has 0 saturated carbocycles. The van der Waals surface area contributed by atoms with Crippen molar-refractivity contribution in [2.45, 2.75) is 51.3 Å². The maximum atomic E-state index is 12.5. The number of anilines is 1. The van der Waals surface area contributed by atoms with Gasteiger partial charge in [0.15, 0.2) is 0 Å². The Labute approximate surface area is 182 Å². The number of rotatable bonds is 7. The minimum Gasteiger partial charge on any atom is -0.368 e. The first-order valence-corrected chi connectivity index (χ1v) is 12.8. The van der Waals surface area contributed by atoms with Gasteiger partial charge in [-0.25, -0.2) is 23.1 Å². The first-order chi connectivity index (χ1) is 14.4. The molecule has 0 unspecified atom stereocenters. The zero-order valence-electron chi connectivity index (χ0n) is 17.7. The van der Waals surface area contributed by atoms with E-state index in [1.807, 2.05) is 6.92 Å². The van der Waals surface area contributed by atoms with Crippen LogP contribution in [0.1, 0.15) is 42.1 Å². The molecule has 6 nitrogen and oxygen atoms in total. The number of aryl methyl sites for hydroxylation is 3. The lowest BCUT2D eigenvalue weighted by molar-refractivity contribution is 0.509. The van der Waals surface area contributed by atoms with Crippen LogP contribution in [0.15, 0.2) is 29.2 Å². The van der Waals surface area contributed by atoms with Crippen molar-refractivity contribution in [2.75, 3.05) is 18.4 Å². The van der Waals surface area contributed by atoms with Gasteiger partial charge in [0.05, 0.1) is 10.3 Å². The second-order valence-corrected chi connectivity index (χ2v) is 10.9. The summed E-state index contributed by atoms with van der Waals surface area (Å²) in [6, 6.07) is 6.87. The fourth-order valence-electron chi connectivity index (χ4n) is 3.84. The summed E-state index contributed by atoms with van der Waals surface area (Å²) >= 11 is 1.79. The third-order valence-electron chi connectivity index (χ3n) is 5.56. The van der Waals surface area contributed by atoms with Crippen LogP contribution in [0.3, 0.4) is 0 Å². The van der Waals surface area contributed by atoms with Crippen molar-refractivity contribution >= 4 is 37.4 Å². The molecule has 160 valence electrons. The van der Waals surface area contributed by atoms with E-state index in [2.05, 4.69) is 23.9 Å². The van der Waals surface area contributed by atoms with Crippen LogP contribution >= 0.6 is 11.3 Å². The van der Waals surface area contributed by atoms with Crippen molar-refractivity contribution in [3.05, 3.63) is 46.1 Å². The lowest BCUT2D eigenvalue weighted by Crippen LogP contribution is -2.29. The summed E-state index contributed by atoms with van der Waals surface area (Å²) in [5, 5.41) is 4.50. The number of hydrogen-bond acceptors (Lipinski definition) is 6. The Morgan fingerprint density at radius 1 is 1.17 bits per heavy atom. The number of benzene rings is 1. The highest BCUT2D eigenvalue weighted by molar-refractivity contribution is 7.89. The van der Waals surface area contributed by atoms with Crippen LogP contribution in [-0.2, 0) is 29.3 Å². The van der Waals surface area contributed by atoms with Crippen molar-refractivity contribution in [2.24, 2.45) is 5.92 Å². The number of fused-ring (bicyclic) bond motifs is 3. The Balaban J connectivity index is 1.50. The molecule has 2 aromatic heterocycles. The fraction of sp³-hybridized carbons (Fsp3) is 0.455. The lowest BCUT2D eigenvalue weighted by Gasteiger charge is -2.18. The summed E-state index contributed by atoms with van der Waals surface area (Å²) in [4.78, 5) is 12.2. The van der Waals surface area contributed by atoms with E-state index in [1.54, 1.807) is 35.6 Å². The Bertz CT molecular complexity index is 1150. The van der Waals surface area contributed by atoms with Crippen LogP contribution in [0.25, 0.3) is 10.2 Å². The number of sulfonamides is 1. The van der Waals surface area contributed by atoms with Gasteiger partial charge in [-0.15, -0.1) is 11.3 Å². The zero-order chi connectivity index (χ0) is 21.3. The summed E-state index contributed by atoms with van der Waals surface area (Å²) in [6.07, 6.45) is 4.11. The molecular weight excluding hydrogens is 416 g/mol. The maximum Gasteiger partial charge on any atom is 0.240 e. The van der Waals surface area contributed by atoms with E-state index < -0.39 is 10.0 Å². The topological polar surface area (TPSA) is 84.0 Å². The summed E-state index contributed by atoms with van der Waals surface area (Å²) < 4.78 is 27.6. The van der Waals surface area contributed by atoms with Crippen molar-refractivity contribution in [1.29, 1.82) is 0 Å². The standard InChI is InChI=1S/C22H28N4O2S2/c1-4-19-25-21(20-17-10-7-15(3)13-18(17)29-22(20)26-19)23-11-12-24-30(27,28)16-8-5-14(2)6-9-16/h5-6,8-9,15,24H,4,7,10-13H2,1-3H3,(H,23,25,26)/t15-/m1/s1. The van der Waals surface area contributed by atoms with Gasteiger partial charge in [-0.1, -0.05) is 31.5 Å². The van der Waals surface area contributed by atoms with Crippen LogP contribution in [0.4, 0.5) is 5.82 Å². The highest BCUT2D eigenvalue weighted by Crippen LogP contribution is 2.40. The van der Waals surface area contributed by atoms with E-state index in [0.29, 0.717) is 12.5 Å². The Hall–Kier alpha value is -2.03. The number of hydrogen-bond donors (Lipinski definition) is 2. The van der Waals surface area contributed by atoms with Gasteiger partial charge >= 0.3 is 0 Å². The largest absolute Gasteiger partial charge is 0.368 e. The van der Waals surface area contributed by atoms with Crippen molar-refractivity contribution in [1.82, 2.24) is 14.7 Å². The molecular formula is C22H28N4O2S2. The molecule has 30 heavy (non-hydrogen) atoms. The van der Waals surface area contributed by atoms with Gasteiger partial charge in [0, 0.05) is 24.4 Å². The highest BCUT2D eigenvalue weighted by Gasteiger charge is 2.24. The van der Waals surface area contributed by atoms with Crippen LogP contribution in [0.5, 0.6) is 0 Å². The van der Waals surface area contributed by atoms with Gasteiger partial charge in [-0.2, -0.15) is 0 Å². The van der Waals surface area contributed by atoms with Crippen LogP contribution in [0, 0.1) is 12.8 Å². The number of aromatic nitrogens is 2. The fourth-order valence-corrected chi connectivity index (χ4v) is 6.27. The van der Waals surface area contributed by atoms with Crippen LogP contribution < -0.4 is 10.0 Å². The SMILES string of the molecule is CCc1nc(NCCNS(=O)(=O)c2ccc(C)cc2)c2c3c(sc2n1)C[C@H](C)CC3. The molecule has 1 aliphatic rings. The molecule has 8 heteroatoms. The van der Waals surface area contributed by atoms with Crippen LogP contribution in [0.2, 0.25) is 0 Å². The van der Waals surface area contributed by atoms with E-state index in [0.717, 1.165) is 46.7 Å². The monoisotopic (exact) mass is 444 g/mol. The van der Waals surface area contributed by atoms with Gasteiger partial charge in [0.25, 0.3) is 0 Å².